The van der Waals surface area contributed by atoms with Gasteiger partial charge in [0.15, 0.2) is 0 Å². The highest BCUT2D eigenvalue weighted by Gasteiger charge is 2.40. The number of hydrogen-bond acceptors (Lipinski definition) is 4. The number of nitrogens with zero attached hydrogens (tertiary/aromatic N) is 4. The van der Waals surface area contributed by atoms with Gasteiger partial charge in [-0.15, -0.1) is 10.2 Å². The number of hydrogen-bond donors (Lipinski definition) is 1. The molecule has 1 aromatic heterocycles. The molecule has 0 radical (unpaired) electrons. The third-order valence-electron chi connectivity index (χ3n) is 7.33. The van der Waals surface area contributed by atoms with E-state index in [0.717, 1.165) is 76.1 Å². The number of likely N-dealkylation sites (tertiary alicyclic amines) is 1. The van der Waals surface area contributed by atoms with Crippen molar-refractivity contribution < 1.29 is 9.18 Å². The maximum absolute atomic E-state index is 13.1. The fourth-order valence-electron chi connectivity index (χ4n) is 5.41. The van der Waals surface area contributed by atoms with Crippen LogP contribution in [0, 0.1) is 11.2 Å². The molecule has 7 heteroatoms. The first kappa shape index (κ1) is 19.7. The normalized spacial score (nSPS) is 21.6. The summed E-state index contributed by atoms with van der Waals surface area (Å²) < 4.78 is 15.2. The standard InChI is InChI=1S/C23H30FN5O/c24-18-7-5-17(6-8-18)15-28-13-11-23(12-14-28)10-9-20-26-27-21(29(20)16-23)22(30)25-19-3-1-2-4-19/h5-8,19H,1-4,9-16H2,(H,25,30). The number of nitrogens with one attached hydrogen (secondary N) is 1. The van der Waals surface area contributed by atoms with Crippen LogP contribution in [0.15, 0.2) is 24.3 Å². The number of piperidine rings is 1. The van der Waals surface area contributed by atoms with Crippen LogP contribution in [0.4, 0.5) is 4.39 Å². The minimum absolute atomic E-state index is 0.0635. The second-order valence-electron chi connectivity index (χ2n) is 9.38. The summed E-state index contributed by atoms with van der Waals surface area (Å²) in [6, 6.07) is 7.11. The minimum Gasteiger partial charge on any atom is -0.347 e. The molecule has 5 rings (SSSR count). The van der Waals surface area contributed by atoms with Crippen molar-refractivity contribution in [2.45, 2.75) is 70.5 Å². The second kappa shape index (κ2) is 8.10. The van der Waals surface area contributed by atoms with Gasteiger partial charge in [-0.3, -0.25) is 9.69 Å². The fraction of sp³-hybridized carbons (Fsp3) is 0.609. The Morgan fingerprint density at radius 1 is 1.10 bits per heavy atom. The first-order valence-electron chi connectivity index (χ1n) is 11.3. The summed E-state index contributed by atoms with van der Waals surface area (Å²) >= 11 is 0. The van der Waals surface area contributed by atoms with Crippen molar-refractivity contribution in [2.24, 2.45) is 5.41 Å². The fourth-order valence-corrected chi connectivity index (χ4v) is 5.41. The van der Waals surface area contributed by atoms with Gasteiger partial charge in [0.2, 0.25) is 5.82 Å². The van der Waals surface area contributed by atoms with E-state index < -0.39 is 0 Å². The SMILES string of the molecule is O=C(NC1CCCC1)c1nnc2n1CC1(CC2)CCN(Cc2ccc(F)cc2)CC1. The highest BCUT2D eigenvalue weighted by atomic mass is 19.1. The van der Waals surface area contributed by atoms with E-state index in [2.05, 4.69) is 25.0 Å². The summed E-state index contributed by atoms with van der Waals surface area (Å²) in [6.45, 7) is 3.76. The van der Waals surface area contributed by atoms with Crippen LogP contribution < -0.4 is 5.32 Å². The average molecular weight is 412 g/mol. The van der Waals surface area contributed by atoms with Gasteiger partial charge in [-0.05, 0) is 68.3 Å². The lowest BCUT2D eigenvalue weighted by atomic mass is 9.73. The van der Waals surface area contributed by atoms with Gasteiger partial charge in [-0.25, -0.2) is 4.39 Å². The van der Waals surface area contributed by atoms with Crippen LogP contribution in [0.2, 0.25) is 0 Å². The van der Waals surface area contributed by atoms with Crippen LogP contribution in [-0.4, -0.2) is 44.7 Å². The van der Waals surface area contributed by atoms with E-state index in [1.165, 1.54) is 25.0 Å². The lowest BCUT2D eigenvalue weighted by molar-refractivity contribution is 0.0617. The Morgan fingerprint density at radius 2 is 1.83 bits per heavy atom. The van der Waals surface area contributed by atoms with Crippen LogP contribution in [0.25, 0.3) is 0 Å². The molecule has 2 aromatic rings. The number of aryl methyl sites for hydroxylation is 1. The van der Waals surface area contributed by atoms with Crippen molar-refractivity contribution in [1.29, 1.82) is 0 Å². The highest BCUT2D eigenvalue weighted by molar-refractivity contribution is 5.91. The quantitative estimate of drug-likeness (QED) is 0.838. The molecule has 2 fully saturated rings. The predicted octanol–water partition coefficient (Wildman–Crippen LogP) is 3.32. The van der Waals surface area contributed by atoms with E-state index in [-0.39, 0.29) is 23.2 Å². The molecule has 160 valence electrons. The van der Waals surface area contributed by atoms with Crippen molar-refractivity contribution in [2.75, 3.05) is 13.1 Å². The molecule has 6 nitrogen and oxygen atoms in total. The van der Waals surface area contributed by atoms with Crippen LogP contribution in [0.3, 0.4) is 0 Å². The molecule has 2 aliphatic heterocycles. The van der Waals surface area contributed by atoms with Crippen molar-refractivity contribution in [1.82, 2.24) is 25.0 Å². The molecule has 0 bridgehead atoms. The molecule has 0 unspecified atom stereocenters. The van der Waals surface area contributed by atoms with Crippen LogP contribution >= 0.6 is 0 Å². The molecule has 1 aromatic carbocycles. The monoisotopic (exact) mass is 411 g/mol. The summed E-state index contributed by atoms with van der Waals surface area (Å²) in [7, 11) is 0. The molecule has 1 aliphatic carbocycles. The van der Waals surface area contributed by atoms with Gasteiger partial charge in [0.05, 0.1) is 0 Å². The van der Waals surface area contributed by atoms with E-state index in [0.29, 0.717) is 5.82 Å². The first-order chi connectivity index (χ1) is 14.6. The van der Waals surface area contributed by atoms with E-state index in [4.69, 9.17) is 0 Å². The first-order valence-corrected chi connectivity index (χ1v) is 11.3. The van der Waals surface area contributed by atoms with E-state index in [1.807, 2.05) is 12.1 Å². The Hall–Kier alpha value is -2.28. The Balaban J connectivity index is 1.23. The Bertz CT molecular complexity index is 895. The minimum atomic E-state index is -0.184. The summed E-state index contributed by atoms with van der Waals surface area (Å²) in [5.74, 6) is 1.19. The number of halogens is 1. The van der Waals surface area contributed by atoms with Gasteiger partial charge in [0.25, 0.3) is 5.91 Å². The molecule has 1 amide bonds. The number of aromatic nitrogens is 3. The number of carbonyl (C=O) groups excluding carboxylic acids is 1. The van der Waals surface area contributed by atoms with Crippen molar-refractivity contribution >= 4 is 5.91 Å². The smallest absolute Gasteiger partial charge is 0.289 e. The number of fused-ring (bicyclic) bond motifs is 1. The summed E-state index contributed by atoms with van der Waals surface area (Å²) in [6.07, 6.45) is 8.74. The summed E-state index contributed by atoms with van der Waals surface area (Å²) in [5.41, 5.74) is 1.37. The topological polar surface area (TPSA) is 63.1 Å². The molecular weight excluding hydrogens is 381 g/mol. The molecular formula is C23H30FN5O. The van der Waals surface area contributed by atoms with Gasteiger partial charge < -0.3 is 9.88 Å². The predicted molar refractivity (Wildman–Crippen MR) is 111 cm³/mol. The van der Waals surface area contributed by atoms with Gasteiger partial charge >= 0.3 is 0 Å². The average Bonchev–Trinajstić information content (AvgIpc) is 3.41. The van der Waals surface area contributed by atoms with Crippen molar-refractivity contribution in [3.05, 3.63) is 47.3 Å². The Kier molecular flexibility index (Phi) is 5.31. The van der Waals surface area contributed by atoms with Crippen LogP contribution in [0.5, 0.6) is 0 Å². The van der Waals surface area contributed by atoms with E-state index >= 15 is 0 Å². The third kappa shape index (κ3) is 4.00. The molecule has 3 heterocycles. The molecule has 1 N–H and O–H groups in total. The molecule has 1 saturated carbocycles. The van der Waals surface area contributed by atoms with Crippen molar-refractivity contribution in [3.63, 3.8) is 0 Å². The largest absolute Gasteiger partial charge is 0.347 e. The lowest BCUT2D eigenvalue weighted by Gasteiger charge is -2.44. The summed E-state index contributed by atoms with van der Waals surface area (Å²) in [5, 5.41) is 11.7. The summed E-state index contributed by atoms with van der Waals surface area (Å²) in [4.78, 5) is 15.3. The third-order valence-corrected chi connectivity index (χ3v) is 7.33. The van der Waals surface area contributed by atoms with Gasteiger partial charge in [-0.2, -0.15) is 0 Å². The lowest BCUT2D eigenvalue weighted by Crippen LogP contribution is -2.45. The van der Waals surface area contributed by atoms with Gasteiger partial charge in [-0.1, -0.05) is 25.0 Å². The Labute approximate surface area is 176 Å². The number of benzene rings is 1. The molecule has 0 atom stereocenters. The number of amides is 1. The Morgan fingerprint density at radius 3 is 2.57 bits per heavy atom. The zero-order chi connectivity index (χ0) is 20.6. The second-order valence-corrected chi connectivity index (χ2v) is 9.38. The van der Waals surface area contributed by atoms with Gasteiger partial charge in [0, 0.05) is 25.6 Å². The zero-order valence-electron chi connectivity index (χ0n) is 17.4. The van der Waals surface area contributed by atoms with Crippen LogP contribution in [-0.2, 0) is 19.5 Å². The maximum atomic E-state index is 13.1. The highest BCUT2D eigenvalue weighted by Crippen LogP contribution is 2.41. The van der Waals surface area contributed by atoms with Gasteiger partial charge in [0.1, 0.15) is 11.6 Å². The number of carbonyl (C=O) groups is 1. The van der Waals surface area contributed by atoms with E-state index in [1.54, 1.807) is 0 Å². The number of rotatable bonds is 4. The van der Waals surface area contributed by atoms with Crippen molar-refractivity contribution in [3.8, 4) is 0 Å². The molecule has 3 aliphatic rings. The van der Waals surface area contributed by atoms with Crippen LogP contribution in [0.1, 0.15) is 67.0 Å². The van der Waals surface area contributed by atoms with E-state index in [9.17, 15) is 9.18 Å². The molecule has 1 saturated heterocycles. The molecule has 30 heavy (non-hydrogen) atoms. The maximum Gasteiger partial charge on any atom is 0.289 e. The molecule has 1 spiro atoms. The zero-order valence-corrected chi connectivity index (χ0v) is 17.4.